The molecule has 0 unspecified atom stereocenters. The number of aromatic nitrogens is 1. The number of benzene rings is 2. The van der Waals surface area contributed by atoms with E-state index in [1.807, 2.05) is 54.6 Å². The van der Waals surface area contributed by atoms with Gasteiger partial charge in [0.05, 0.1) is 17.1 Å². The lowest BCUT2D eigenvalue weighted by Gasteiger charge is -2.19. The molecule has 1 amide bonds. The van der Waals surface area contributed by atoms with Gasteiger partial charge in [0.25, 0.3) is 5.91 Å². The third kappa shape index (κ3) is 4.20. The molecule has 154 valence electrons. The first-order valence-electron chi connectivity index (χ1n) is 10.6. The van der Waals surface area contributed by atoms with Crippen LogP contribution in [-0.4, -0.2) is 23.5 Å². The topological polar surface area (TPSA) is 68.3 Å². The monoisotopic (exact) mass is 402 g/mol. The molecule has 1 N–H and O–H groups in total. The molecule has 1 aliphatic rings. The molecular weight excluding hydrogens is 376 g/mol. The molecule has 1 heterocycles. The van der Waals surface area contributed by atoms with Gasteiger partial charge < -0.3 is 10.1 Å². The number of hydrogen-bond donors (Lipinski definition) is 1. The lowest BCUT2D eigenvalue weighted by atomic mass is 10.0. The van der Waals surface area contributed by atoms with Gasteiger partial charge in [-0.25, -0.2) is 4.79 Å². The SMILES string of the molecule is CCC[C@H](NC(=O)COC(=O)c1c2c(nc3ccccc13)CCC2)c1ccccc1. The Balaban J connectivity index is 1.48. The zero-order chi connectivity index (χ0) is 20.9. The number of nitrogens with zero attached hydrogens (tertiary/aromatic N) is 1. The van der Waals surface area contributed by atoms with Crippen molar-refractivity contribution in [2.75, 3.05) is 6.61 Å². The highest BCUT2D eigenvalue weighted by Crippen LogP contribution is 2.30. The Bertz CT molecular complexity index is 1060. The van der Waals surface area contributed by atoms with Crippen LogP contribution in [0, 0.1) is 0 Å². The molecule has 1 aromatic heterocycles. The highest BCUT2D eigenvalue weighted by molar-refractivity contribution is 6.05. The number of carbonyl (C=O) groups excluding carboxylic acids is 2. The summed E-state index contributed by atoms with van der Waals surface area (Å²) in [5.41, 5.74) is 4.34. The number of hydrogen-bond acceptors (Lipinski definition) is 4. The minimum atomic E-state index is -0.450. The number of ether oxygens (including phenoxy) is 1. The quantitative estimate of drug-likeness (QED) is 0.589. The van der Waals surface area contributed by atoms with Gasteiger partial charge in [-0.2, -0.15) is 0 Å². The average molecular weight is 402 g/mol. The van der Waals surface area contributed by atoms with Crippen molar-refractivity contribution in [2.45, 2.75) is 45.1 Å². The highest BCUT2D eigenvalue weighted by atomic mass is 16.5. The van der Waals surface area contributed by atoms with Gasteiger partial charge in [-0.05, 0) is 42.9 Å². The Hall–Kier alpha value is -3.21. The van der Waals surface area contributed by atoms with E-state index in [4.69, 9.17) is 9.72 Å². The van der Waals surface area contributed by atoms with Crippen LogP contribution < -0.4 is 5.32 Å². The van der Waals surface area contributed by atoms with Crippen molar-refractivity contribution in [2.24, 2.45) is 0 Å². The van der Waals surface area contributed by atoms with E-state index in [2.05, 4.69) is 12.2 Å². The number of pyridine rings is 1. The average Bonchev–Trinajstić information content (AvgIpc) is 3.24. The molecule has 4 rings (SSSR count). The van der Waals surface area contributed by atoms with Crippen molar-refractivity contribution in [1.29, 1.82) is 0 Å². The van der Waals surface area contributed by atoms with E-state index in [1.165, 1.54) is 0 Å². The Kier molecular flexibility index (Phi) is 6.07. The lowest BCUT2D eigenvalue weighted by molar-refractivity contribution is -0.125. The molecule has 2 aromatic carbocycles. The predicted molar refractivity (Wildman–Crippen MR) is 116 cm³/mol. The number of amides is 1. The summed E-state index contributed by atoms with van der Waals surface area (Å²) in [6.07, 6.45) is 4.43. The fourth-order valence-electron chi connectivity index (χ4n) is 4.18. The van der Waals surface area contributed by atoms with Gasteiger partial charge >= 0.3 is 5.97 Å². The minimum Gasteiger partial charge on any atom is -0.452 e. The number of aryl methyl sites for hydroxylation is 1. The zero-order valence-electron chi connectivity index (χ0n) is 17.2. The van der Waals surface area contributed by atoms with Gasteiger partial charge in [0, 0.05) is 11.1 Å². The minimum absolute atomic E-state index is 0.0894. The van der Waals surface area contributed by atoms with Gasteiger partial charge in [-0.3, -0.25) is 9.78 Å². The van der Waals surface area contributed by atoms with Crippen LogP contribution in [0.4, 0.5) is 0 Å². The normalized spacial score (nSPS) is 13.6. The number of nitrogens with one attached hydrogen (secondary N) is 1. The van der Waals surface area contributed by atoms with Gasteiger partial charge in [0.1, 0.15) is 0 Å². The number of esters is 1. The molecule has 0 spiro atoms. The number of carbonyl (C=O) groups is 2. The molecule has 5 nitrogen and oxygen atoms in total. The van der Waals surface area contributed by atoms with Crippen LogP contribution in [0.25, 0.3) is 10.9 Å². The van der Waals surface area contributed by atoms with E-state index in [-0.39, 0.29) is 18.6 Å². The van der Waals surface area contributed by atoms with Crippen LogP contribution in [-0.2, 0) is 22.4 Å². The van der Waals surface area contributed by atoms with Crippen LogP contribution in [0.1, 0.15) is 59.4 Å². The largest absolute Gasteiger partial charge is 0.452 e. The molecule has 0 aliphatic heterocycles. The molecule has 0 bridgehead atoms. The molecule has 5 heteroatoms. The third-order valence-electron chi connectivity index (χ3n) is 5.57. The summed E-state index contributed by atoms with van der Waals surface area (Å²) in [6.45, 7) is 1.79. The summed E-state index contributed by atoms with van der Waals surface area (Å²) in [7, 11) is 0. The Morgan fingerprint density at radius 1 is 1.07 bits per heavy atom. The summed E-state index contributed by atoms with van der Waals surface area (Å²) in [5, 5.41) is 3.79. The van der Waals surface area contributed by atoms with Crippen molar-refractivity contribution in [3.05, 3.63) is 77.0 Å². The van der Waals surface area contributed by atoms with Gasteiger partial charge in [0.15, 0.2) is 6.61 Å². The standard InChI is InChI=1S/C25H26N2O3/c1-2-9-20(17-10-4-3-5-11-17)27-23(28)16-30-25(29)24-18-12-6-7-14-21(18)26-22-15-8-13-19(22)24/h3-7,10-12,14,20H,2,8-9,13,15-16H2,1H3,(H,27,28)/t20-/m0/s1. The van der Waals surface area contributed by atoms with Crippen LogP contribution in [0.5, 0.6) is 0 Å². The molecule has 1 aliphatic carbocycles. The number of para-hydroxylation sites is 1. The highest BCUT2D eigenvalue weighted by Gasteiger charge is 2.25. The van der Waals surface area contributed by atoms with E-state index < -0.39 is 5.97 Å². The van der Waals surface area contributed by atoms with Crippen LogP contribution in [0.15, 0.2) is 54.6 Å². The smallest absolute Gasteiger partial charge is 0.339 e. The van der Waals surface area contributed by atoms with Crippen LogP contribution >= 0.6 is 0 Å². The molecule has 0 saturated heterocycles. The van der Waals surface area contributed by atoms with Crippen molar-refractivity contribution in [1.82, 2.24) is 10.3 Å². The van der Waals surface area contributed by atoms with Gasteiger partial charge in [-0.15, -0.1) is 0 Å². The lowest BCUT2D eigenvalue weighted by Crippen LogP contribution is -2.32. The summed E-state index contributed by atoms with van der Waals surface area (Å²) >= 11 is 0. The van der Waals surface area contributed by atoms with Gasteiger partial charge in [0.2, 0.25) is 0 Å². The maximum atomic E-state index is 13.0. The van der Waals surface area contributed by atoms with Crippen molar-refractivity contribution in [3.8, 4) is 0 Å². The third-order valence-corrected chi connectivity index (χ3v) is 5.57. The Morgan fingerprint density at radius 3 is 2.63 bits per heavy atom. The summed E-state index contributed by atoms with van der Waals surface area (Å²) in [5.74, 6) is -0.741. The van der Waals surface area contributed by atoms with Crippen LogP contribution in [0.3, 0.4) is 0 Å². The Labute approximate surface area is 176 Å². The molecule has 0 fully saturated rings. The molecule has 0 saturated carbocycles. The number of rotatable bonds is 7. The Morgan fingerprint density at radius 2 is 1.83 bits per heavy atom. The summed E-state index contributed by atoms with van der Waals surface area (Å²) < 4.78 is 5.46. The van der Waals surface area contributed by atoms with Crippen LogP contribution in [0.2, 0.25) is 0 Å². The van der Waals surface area contributed by atoms with E-state index in [0.717, 1.165) is 59.8 Å². The summed E-state index contributed by atoms with van der Waals surface area (Å²) in [6, 6.07) is 17.4. The first-order valence-corrected chi connectivity index (χ1v) is 10.6. The van der Waals surface area contributed by atoms with E-state index in [1.54, 1.807) is 0 Å². The maximum Gasteiger partial charge on any atom is 0.339 e. The fraction of sp³-hybridized carbons (Fsp3) is 0.320. The maximum absolute atomic E-state index is 13.0. The van der Waals surface area contributed by atoms with E-state index in [0.29, 0.717) is 5.56 Å². The zero-order valence-corrected chi connectivity index (χ0v) is 17.2. The molecule has 30 heavy (non-hydrogen) atoms. The van der Waals surface area contributed by atoms with E-state index in [9.17, 15) is 9.59 Å². The summed E-state index contributed by atoms with van der Waals surface area (Å²) in [4.78, 5) is 30.2. The molecule has 3 aromatic rings. The second-order valence-corrected chi connectivity index (χ2v) is 7.68. The van der Waals surface area contributed by atoms with Gasteiger partial charge in [-0.1, -0.05) is 61.9 Å². The number of fused-ring (bicyclic) bond motifs is 2. The first kappa shape index (κ1) is 20.1. The van der Waals surface area contributed by atoms with Crippen molar-refractivity contribution in [3.63, 3.8) is 0 Å². The van der Waals surface area contributed by atoms with Crippen molar-refractivity contribution >= 4 is 22.8 Å². The molecule has 1 atom stereocenters. The second-order valence-electron chi connectivity index (χ2n) is 7.68. The molecule has 0 radical (unpaired) electrons. The van der Waals surface area contributed by atoms with E-state index >= 15 is 0 Å². The second kappa shape index (κ2) is 9.08. The first-order chi connectivity index (χ1) is 14.7. The predicted octanol–water partition coefficient (Wildman–Crippen LogP) is 4.54. The van der Waals surface area contributed by atoms with Crippen molar-refractivity contribution < 1.29 is 14.3 Å². The fourth-order valence-corrected chi connectivity index (χ4v) is 4.18. The molecular formula is C25H26N2O3.